The van der Waals surface area contributed by atoms with Crippen molar-refractivity contribution in [1.82, 2.24) is 9.97 Å². The van der Waals surface area contributed by atoms with Gasteiger partial charge in [0, 0.05) is 0 Å². The maximum absolute atomic E-state index is 11.4. The fourth-order valence-electron chi connectivity index (χ4n) is 2.38. The minimum atomic E-state index is -0.786. The smallest absolute Gasteiger partial charge is 0.314 e. The number of benzene rings is 2. The van der Waals surface area contributed by atoms with Crippen LogP contribution in [0.25, 0.3) is 11.0 Å². The van der Waals surface area contributed by atoms with E-state index in [0.717, 1.165) is 11.1 Å². The van der Waals surface area contributed by atoms with E-state index in [-0.39, 0.29) is 0 Å². The van der Waals surface area contributed by atoms with Crippen molar-refractivity contribution in [3.63, 3.8) is 0 Å². The maximum Gasteiger partial charge on any atom is 0.314 e. The Kier molecular flexibility index (Phi) is 3.19. The van der Waals surface area contributed by atoms with Gasteiger partial charge in [0.2, 0.25) is 0 Å². The van der Waals surface area contributed by atoms with Crippen molar-refractivity contribution in [1.29, 1.82) is 0 Å². The van der Waals surface area contributed by atoms with Gasteiger partial charge in [0.15, 0.2) is 0 Å². The summed E-state index contributed by atoms with van der Waals surface area (Å²) in [5.74, 6) is 0. The minimum Gasteiger partial charge on any atom is -0.384 e. The molecular formula is C16H14N2O3. The molecule has 3 rings (SSSR count). The number of aliphatic hydroxyl groups is 1. The van der Waals surface area contributed by atoms with Crippen LogP contribution < -0.4 is 11.1 Å². The lowest BCUT2D eigenvalue weighted by Gasteiger charge is -2.14. The molecule has 1 aromatic heterocycles. The lowest BCUT2D eigenvalue weighted by molar-refractivity contribution is 0.219. The molecule has 0 radical (unpaired) electrons. The molecule has 0 spiro atoms. The number of fused-ring (bicyclic) bond motifs is 1. The molecule has 0 aliphatic carbocycles. The van der Waals surface area contributed by atoms with E-state index in [1.54, 1.807) is 18.2 Å². The number of nitrogens with one attached hydrogen (secondary N) is 2. The molecule has 0 aliphatic rings. The summed E-state index contributed by atoms with van der Waals surface area (Å²) in [6.07, 6.45) is -0.786. The van der Waals surface area contributed by atoms with Crippen molar-refractivity contribution < 1.29 is 5.11 Å². The predicted octanol–water partition coefficient (Wildman–Crippen LogP) is 1.61. The monoisotopic (exact) mass is 282 g/mol. The molecule has 5 nitrogen and oxygen atoms in total. The summed E-state index contributed by atoms with van der Waals surface area (Å²) in [4.78, 5) is 27.6. The predicted molar refractivity (Wildman–Crippen MR) is 80.4 cm³/mol. The molecule has 1 atom stereocenters. The van der Waals surface area contributed by atoms with E-state index in [4.69, 9.17) is 0 Å². The van der Waals surface area contributed by atoms with Crippen molar-refractivity contribution in [2.75, 3.05) is 0 Å². The highest BCUT2D eigenvalue weighted by Crippen LogP contribution is 2.25. The molecular weight excluding hydrogens is 268 g/mol. The van der Waals surface area contributed by atoms with E-state index in [9.17, 15) is 14.7 Å². The molecule has 0 saturated heterocycles. The molecule has 21 heavy (non-hydrogen) atoms. The van der Waals surface area contributed by atoms with E-state index >= 15 is 0 Å². The average Bonchev–Trinajstić information content (AvgIpc) is 2.48. The number of hydrogen-bond donors (Lipinski definition) is 3. The molecule has 106 valence electrons. The van der Waals surface area contributed by atoms with Gasteiger partial charge in [-0.2, -0.15) is 0 Å². The van der Waals surface area contributed by atoms with Crippen LogP contribution in [0, 0.1) is 6.92 Å². The lowest BCUT2D eigenvalue weighted by Crippen LogP contribution is -2.28. The van der Waals surface area contributed by atoms with E-state index in [1.807, 2.05) is 31.2 Å². The second-order valence-electron chi connectivity index (χ2n) is 4.97. The van der Waals surface area contributed by atoms with E-state index < -0.39 is 17.2 Å². The Hall–Kier alpha value is -2.66. The first-order chi connectivity index (χ1) is 10.1. The zero-order chi connectivity index (χ0) is 15.0. The van der Waals surface area contributed by atoms with E-state index in [2.05, 4.69) is 9.97 Å². The Morgan fingerprint density at radius 3 is 2.33 bits per heavy atom. The van der Waals surface area contributed by atoms with Crippen LogP contribution in [0.2, 0.25) is 0 Å². The zero-order valence-electron chi connectivity index (χ0n) is 11.4. The third-order valence-electron chi connectivity index (χ3n) is 3.55. The van der Waals surface area contributed by atoms with Gasteiger partial charge in [0.1, 0.15) is 6.10 Å². The van der Waals surface area contributed by atoms with Crippen molar-refractivity contribution in [3.8, 4) is 0 Å². The van der Waals surface area contributed by atoms with Crippen molar-refractivity contribution >= 4 is 11.0 Å². The molecule has 3 N–H and O–H groups in total. The van der Waals surface area contributed by atoms with Crippen molar-refractivity contribution in [3.05, 3.63) is 79.9 Å². The van der Waals surface area contributed by atoms with Crippen molar-refractivity contribution in [2.24, 2.45) is 0 Å². The van der Waals surface area contributed by atoms with Gasteiger partial charge in [-0.1, -0.05) is 30.3 Å². The fourth-order valence-corrected chi connectivity index (χ4v) is 2.38. The summed E-state index contributed by atoms with van der Waals surface area (Å²) in [6, 6.07) is 12.6. The van der Waals surface area contributed by atoms with Crippen LogP contribution in [0.5, 0.6) is 0 Å². The molecule has 0 saturated carbocycles. The second-order valence-corrected chi connectivity index (χ2v) is 4.97. The maximum atomic E-state index is 11.4. The number of aromatic amines is 2. The Morgan fingerprint density at radius 2 is 1.62 bits per heavy atom. The molecule has 1 unspecified atom stereocenters. The van der Waals surface area contributed by atoms with Crippen LogP contribution in [-0.4, -0.2) is 15.1 Å². The van der Waals surface area contributed by atoms with Crippen LogP contribution >= 0.6 is 0 Å². The molecule has 0 bridgehead atoms. The summed E-state index contributed by atoms with van der Waals surface area (Å²) in [6.45, 7) is 1.93. The van der Waals surface area contributed by atoms with Crippen molar-refractivity contribution in [2.45, 2.75) is 13.0 Å². The summed E-state index contributed by atoms with van der Waals surface area (Å²) in [7, 11) is 0. The Morgan fingerprint density at radius 1 is 0.952 bits per heavy atom. The zero-order valence-corrected chi connectivity index (χ0v) is 11.4. The van der Waals surface area contributed by atoms with Gasteiger partial charge in [0.25, 0.3) is 0 Å². The van der Waals surface area contributed by atoms with Gasteiger partial charge in [0.05, 0.1) is 11.0 Å². The molecule has 0 fully saturated rings. The number of aliphatic hydroxyl groups excluding tert-OH is 1. The topological polar surface area (TPSA) is 85.9 Å². The molecule has 1 heterocycles. The highest BCUT2D eigenvalue weighted by molar-refractivity contribution is 5.74. The van der Waals surface area contributed by atoms with Crippen LogP contribution in [0.1, 0.15) is 22.8 Å². The summed E-state index contributed by atoms with van der Waals surface area (Å²) in [5, 5.41) is 10.5. The van der Waals surface area contributed by atoms with Crippen LogP contribution in [0.15, 0.2) is 52.1 Å². The number of aromatic nitrogens is 2. The first kappa shape index (κ1) is 13.3. The van der Waals surface area contributed by atoms with Crippen LogP contribution in [0.4, 0.5) is 0 Å². The molecule has 5 heteroatoms. The molecule has 0 aliphatic heterocycles. The highest BCUT2D eigenvalue weighted by atomic mass is 16.3. The largest absolute Gasteiger partial charge is 0.384 e. The molecule has 0 amide bonds. The normalized spacial score (nSPS) is 12.5. The van der Waals surface area contributed by atoms with E-state index in [1.165, 1.54) is 0 Å². The second kappa shape index (κ2) is 5.03. The Balaban J connectivity index is 2.13. The third kappa shape index (κ3) is 2.39. The number of rotatable bonds is 2. The lowest BCUT2D eigenvalue weighted by atomic mass is 9.97. The summed E-state index contributed by atoms with van der Waals surface area (Å²) >= 11 is 0. The van der Waals surface area contributed by atoms with Gasteiger partial charge < -0.3 is 15.1 Å². The van der Waals surface area contributed by atoms with Gasteiger partial charge in [-0.15, -0.1) is 0 Å². The van der Waals surface area contributed by atoms with Gasteiger partial charge >= 0.3 is 11.1 Å². The van der Waals surface area contributed by atoms with Gasteiger partial charge in [-0.3, -0.25) is 9.59 Å². The summed E-state index contributed by atoms with van der Waals surface area (Å²) < 4.78 is 0. The van der Waals surface area contributed by atoms with Crippen LogP contribution in [0.3, 0.4) is 0 Å². The molecule has 3 aromatic rings. The van der Waals surface area contributed by atoms with Gasteiger partial charge in [-0.25, -0.2) is 0 Å². The van der Waals surface area contributed by atoms with Gasteiger partial charge in [-0.05, 0) is 35.7 Å². The number of hydrogen-bond acceptors (Lipinski definition) is 3. The standard InChI is InChI=1S/C16H14N2O3/c1-9-4-2-3-5-11(9)14(19)10-6-7-12-13(8-10)18-16(21)15(20)17-12/h2-8,14,19H,1H3,(H,17,20)(H,18,21). The number of H-pyrrole nitrogens is 2. The molecule has 2 aromatic carbocycles. The third-order valence-corrected chi connectivity index (χ3v) is 3.55. The SMILES string of the molecule is Cc1ccccc1C(O)c1ccc2[nH]c(=O)c(=O)[nH]c2c1. The minimum absolute atomic E-state index is 0.490. The summed E-state index contributed by atoms with van der Waals surface area (Å²) in [5.41, 5.74) is 2.08. The first-order valence-corrected chi connectivity index (χ1v) is 6.56. The highest BCUT2D eigenvalue weighted by Gasteiger charge is 2.13. The van der Waals surface area contributed by atoms with E-state index in [0.29, 0.717) is 16.6 Å². The number of aryl methyl sites for hydroxylation is 1. The fraction of sp³-hybridized carbons (Fsp3) is 0.125. The average molecular weight is 282 g/mol. The quantitative estimate of drug-likeness (QED) is 0.624. The Bertz CT molecular complexity index is 924. The van der Waals surface area contributed by atoms with Crippen LogP contribution in [-0.2, 0) is 0 Å². The Labute approximate surface area is 119 Å². The first-order valence-electron chi connectivity index (χ1n) is 6.56.